The molecule has 0 unspecified atom stereocenters. The van der Waals surface area contributed by atoms with Crippen molar-refractivity contribution in [1.29, 1.82) is 0 Å². The van der Waals surface area contributed by atoms with Crippen molar-refractivity contribution in [2.75, 3.05) is 14.1 Å². The second-order valence-corrected chi connectivity index (χ2v) is 4.89. The van der Waals surface area contributed by atoms with Gasteiger partial charge in [0.15, 0.2) is 0 Å². The van der Waals surface area contributed by atoms with E-state index in [0.717, 1.165) is 11.1 Å². The van der Waals surface area contributed by atoms with Gasteiger partial charge in [-0.25, -0.2) is 4.79 Å². The average Bonchev–Trinajstić information content (AvgIpc) is 2.42. The van der Waals surface area contributed by atoms with Gasteiger partial charge >= 0.3 is 6.09 Å². The third kappa shape index (κ3) is 3.24. The van der Waals surface area contributed by atoms with Crippen molar-refractivity contribution in [2.24, 2.45) is 0 Å². The molecule has 0 N–H and O–H groups in total. The van der Waals surface area contributed by atoms with Gasteiger partial charge in [-0.3, -0.25) is 0 Å². The molecule has 2 aromatic rings. The summed E-state index contributed by atoms with van der Waals surface area (Å²) >= 11 is 6.08. The second-order valence-electron chi connectivity index (χ2n) is 4.48. The summed E-state index contributed by atoms with van der Waals surface area (Å²) < 4.78 is 5.00. The maximum atomic E-state index is 11.4. The van der Waals surface area contributed by atoms with Crippen LogP contribution in [0.1, 0.15) is 5.56 Å². The van der Waals surface area contributed by atoms with Crippen LogP contribution >= 0.6 is 11.6 Å². The van der Waals surface area contributed by atoms with E-state index in [4.69, 9.17) is 16.3 Å². The molecule has 0 fully saturated rings. The van der Waals surface area contributed by atoms with Crippen LogP contribution in [0, 0.1) is 6.92 Å². The minimum atomic E-state index is -0.495. The highest BCUT2D eigenvalue weighted by atomic mass is 35.5. The number of nitrogens with zero attached hydrogens (tertiary/aromatic N) is 3. The third-order valence-electron chi connectivity index (χ3n) is 2.66. The molecule has 20 heavy (non-hydrogen) atoms. The number of hydrogen-bond donors (Lipinski definition) is 0. The Labute approximate surface area is 122 Å². The predicted molar refractivity (Wildman–Crippen MR) is 76.9 cm³/mol. The van der Waals surface area contributed by atoms with Crippen molar-refractivity contribution < 1.29 is 9.53 Å². The first-order valence-corrected chi connectivity index (χ1v) is 6.34. The lowest BCUT2D eigenvalue weighted by molar-refractivity contribution is 0.169. The first kappa shape index (κ1) is 14.3. The number of aryl methyl sites for hydroxylation is 1. The van der Waals surface area contributed by atoms with E-state index in [-0.39, 0.29) is 5.88 Å². The Morgan fingerprint density at radius 2 is 1.95 bits per heavy atom. The highest BCUT2D eigenvalue weighted by Gasteiger charge is 2.09. The Kier molecular flexibility index (Phi) is 4.20. The van der Waals surface area contributed by atoms with Crippen molar-refractivity contribution in [1.82, 2.24) is 15.1 Å². The molecular weight excluding hydrogens is 278 g/mol. The first-order valence-electron chi connectivity index (χ1n) is 5.97. The number of ether oxygens (including phenoxy) is 1. The smallest absolute Gasteiger partial charge is 0.389 e. The molecule has 1 amide bonds. The summed E-state index contributed by atoms with van der Waals surface area (Å²) in [5, 5.41) is 8.57. The lowest BCUT2D eigenvalue weighted by Gasteiger charge is -2.09. The Hall–Kier alpha value is -2.14. The summed E-state index contributed by atoms with van der Waals surface area (Å²) in [6.45, 7) is 1.93. The van der Waals surface area contributed by atoms with Crippen LogP contribution in [0.15, 0.2) is 30.3 Å². The number of rotatable bonds is 2. The van der Waals surface area contributed by atoms with Gasteiger partial charge < -0.3 is 9.64 Å². The molecule has 6 heteroatoms. The maximum Gasteiger partial charge on any atom is 0.416 e. The van der Waals surface area contributed by atoms with E-state index in [1.807, 2.05) is 25.1 Å². The summed E-state index contributed by atoms with van der Waals surface area (Å²) in [5.74, 6) is 0.158. The summed E-state index contributed by atoms with van der Waals surface area (Å²) in [6, 6.07) is 8.98. The number of hydrogen-bond acceptors (Lipinski definition) is 4. The predicted octanol–water partition coefficient (Wildman–Crippen LogP) is 3.17. The Morgan fingerprint density at radius 3 is 2.50 bits per heavy atom. The SMILES string of the molecule is Cc1ccc(-c2ccc(OC(=O)N(C)C)nn2)cc1Cl. The topological polar surface area (TPSA) is 55.3 Å². The molecule has 104 valence electrons. The average molecular weight is 292 g/mol. The van der Waals surface area contributed by atoms with Gasteiger partial charge in [0, 0.05) is 30.7 Å². The van der Waals surface area contributed by atoms with Gasteiger partial charge in [0.1, 0.15) is 0 Å². The zero-order valence-corrected chi connectivity index (χ0v) is 12.2. The van der Waals surface area contributed by atoms with E-state index in [9.17, 15) is 4.79 Å². The van der Waals surface area contributed by atoms with Crippen LogP contribution in [0.4, 0.5) is 4.79 Å². The van der Waals surface area contributed by atoms with Gasteiger partial charge in [-0.2, -0.15) is 0 Å². The van der Waals surface area contributed by atoms with Gasteiger partial charge in [0.2, 0.25) is 5.88 Å². The van der Waals surface area contributed by atoms with Crippen molar-refractivity contribution in [3.63, 3.8) is 0 Å². The fraction of sp³-hybridized carbons (Fsp3) is 0.214. The number of carbonyl (C=O) groups is 1. The molecule has 1 aromatic carbocycles. The van der Waals surface area contributed by atoms with Crippen LogP contribution < -0.4 is 4.74 Å². The summed E-state index contributed by atoms with van der Waals surface area (Å²) in [5.41, 5.74) is 2.52. The molecule has 1 aromatic heterocycles. The number of halogens is 1. The molecule has 0 aliphatic heterocycles. The van der Waals surface area contributed by atoms with Crippen molar-refractivity contribution in [3.05, 3.63) is 40.9 Å². The minimum Gasteiger partial charge on any atom is -0.389 e. The van der Waals surface area contributed by atoms with Crippen molar-refractivity contribution in [3.8, 4) is 17.1 Å². The van der Waals surface area contributed by atoms with E-state index < -0.39 is 6.09 Å². The lowest BCUT2D eigenvalue weighted by Crippen LogP contribution is -2.25. The summed E-state index contributed by atoms with van der Waals surface area (Å²) in [7, 11) is 3.19. The van der Waals surface area contributed by atoms with Gasteiger partial charge in [-0.1, -0.05) is 23.7 Å². The van der Waals surface area contributed by atoms with E-state index >= 15 is 0 Å². The van der Waals surface area contributed by atoms with Crippen molar-refractivity contribution >= 4 is 17.7 Å². The van der Waals surface area contributed by atoms with Crippen LogP contribution in [0.3, 0.4) is 0 Å². The molecule has 0 atom stereocenters. The number of carbonyl (C=O) groups excluding carboxylic acids is 1. The van der Waals surface area contributed by atoms with Gasteiger partial charge in [0.05, 0.1) is 5.69 Å². The molecule has 2 rings (SSSR count). The zero-order valence-electron chi connectivity index (χ0n) is 11.4. The van der Waals surface area contributed by atoms with Crippen molar-refractivity contribution in [2.45, 2.75) is 6.92 Å². The van der Waals surface area contributed by atoms with Crippen LogP contribution in [0.25, 0.3) is 11.3 Å². The number of aromatic nitrogens is 2. The molecule has 5 nitrogen and oxygen atoms in total. The van der Waals surface area contributed by atoms with Crippen LogP contribution in [-0.2, 0) is 0 Å². The summed E-state index contributed by atoms with van der Waals surface area (Å²) in [6.07, 6.45) is -0.495. The highest BCUT2D eigenvalue weighted by Crippen LogP contribution is 2.24. The highest BCUT2D eigenvalue weighted by molar-refractivity contribution is 6.31. The molecule has 0 bridgehead atoms. The zero-order chi connectivity index (χ0) is 14.7. The second kappa shape index (κ2) is 5.88. The third-order valence-corrected chi connectivity index (χ3v) is 3.07. The largest absolute Gasteiger partial charge is 0.416 e. The molecular formula is C14H14ClN3O2. The Morgan fingerprint density at radius 1 is 1.20 bits per heavy atom. The van der Waals surface area contributed by atoms with E-state index in [1.54, 1.807) is 26.2 Å². The number of amides is 1. The fourth-order valence-corrected chi connectivity index (χ4v) is 1.64. The quantitative estimate of drug-likeness (QED) is 0.853. The van der Waals surface area contributed by atoms with Gasteiger partial charge in [-0.05, 0) is 24.6 Å². The van der Waals surface area contributed by atoms with Gasteiger partial charge in [-0.15, -0.1) is 10.2 Å². The number of benzene rings is 1. The molecule has 0 radical (unpaired) electrons. The maximum absolute atomic E-state index is 11.4. The lowest BCUT2D eigenvalue weighted by atomic mass is 10.1. The van der Waals surface area contributed by atoms with E-state index in [1.165, 1.54) is 4.90 Å². The summed E-state index contributed by atoms with van der Waals surface area (Å²) in [4.78, 5) is 12.7. The fourth-order valence-electron chi connectivity index (χ4n) is 1.46. The molecule has 0 spiro atoms. The monoisotopic (exact) mass is 291 g/mol. The normalized spacial score (nSPS) is 10.2. The van der Waals surface area contributed by atoms with Crippen LogP contribution in [0.2, 0.25) is 5.02 Å². The molecule has 0 saturated carbocycles. The molecule has 0 aliphatic rings. The molecule has 0 aliphatic carbocycles. The minimum absolute atomic E-state index is 0.158. The Balaban J connectivity index is 2.19. The molecule has 0 saturated heterocycles. The van der Waals surface area contributed by atoms with E-state index in [2.05, 4.69) is 10.2 Å². The van der Waals surface area contributed by atoms with E-state index in [0.29, 0.717) is 10.7 Å². The van der Waals surface area contributed by atoms with Gasteiger partial charge in [0.25, 0.3) is 0 Å². The standard InChI is InChI=1S/C14H14ClN3O2/c1-9-4-5-10(8-11(9)15)12-6-7-13(17-16-12)20-14(19)18(2)3/h4-8H,1-3H3. The first-order chi connectivity index (χ1) is 9.47. The van der Waals surface area contributed by atoms with Crippen LogP contribution in [-0.4, -0.2) is 35.3 Å². The van der Waals surface area contributed by atoms with Crippen LogP contribution in [0.5, 0.6) is 5.88 Å². The Bertz CT molecular complexity index is 627. The molecule has 1 heterocycles.